The first-order valence-electron chi connectivity index (χ1n) is 11.8. The third kappa shape index (κ3) is 6.73. The molecule has 0 spiro atoms. The molecular weight excluding hydrogens is 480 g/mol. The van der Waals surface area contributed by atoms with Crippen LogP contribution in [0.15, 0.2) is 53.5 Å². The molecule has 0 bridgehead atoms. The highest BCUT2D eigenvalue weighted by molar-refractivity contribution is 6.01. The second-order valence-electron chi connectivity index (χ2n) is 8.49. The van der Waals surface area contributed by atoms with E-state index in [1.807, 2.05) is 0 Å². The molecule has 196 valence electrons. The number of aliphatic hydroxyl groups is 1. The predicted molar refractivity (Wildman–Crippen MR) is 135 cm³/mol. The molecule has 10 nitrogen and oxygen atoms in total. The average Bonchev–Trinajstić information content (AvgIpc) is 2.88. The van der Waals surface area contributed by atoms with Crippen LogP contribution in [0.3, 0.4) is 0 Å². The maximum Gasteiger partial charge on any atom is 0.309 e. The zero-order chi connectivity index (χ0) is 26.9. The van der Waals surface area contributed by atoms with Crippen LogP contribution in [0.4, 0.5) is 0 Å². The first kappa shape index (κ1) is 27.4. The number of benzene rings is 2. The number of phenols is 2. The molecule has 0 fully saturated rings. The van der Waals surface area contributed by atoms with Crippen LogP contribution in [0, 0.1) is 5.92 Å². The van der Waals surface area contributed by atoms with Gasteiger partial charge in [-0.1, -0.05) is 30.3 Å². The van der Waals surface area contributed by atoms with Gasteiger partial charge < -0.3 is 24.8 Å². The molecule has 3 N–H and O–H groups in total. The van der Waals surface area contributed by atoms with Gasteiger partial charge in [-0.3, -0.25) is 14.4 Å². The number of methoxy groups -OCH3 is 1. The Morgan fingerprint density at radius 1 is 1.08 bits per heavy atom. The molecule has 0 aliphatic carbocycles. The normalized spacial score (nSPS) is 11.6. The number of rotatable bonds is 12. The predicted octanol–water partition coefficient (Wildman–Crippen LogP) is 2.61. The van der Waals surface area contributed by atoms with Crippen molar-refractivity contribution < 1.29 is 34.4 Å². The van der Waals surface area contributed by atoms with Gasteiger partial charge in [-0.2, -0.15) is 5.10 Å². The number of carbonyl (C=O) groups excluding carboxylic acids is 2. The number of esters is 1. The summed E-state index contributed by atoms with van der Waals surface area (Å²) >= 11 is 0. The molecule has 1 atom stereocenters. The highest BCUT2D eigenvalue weighted by Gasteiger charge is 2.23. The number of hydrogen-bond donors (Lipinski definition) is 3. The Morgan fingerprint density at radius 3 is 2.38 bits per heavy atom. The van der Waals surface area contributed by atoms with Crippen LogP contribution < -0.4 is 10.3 Å². The summed E-state index contributed by atoms with van der Waals surface area (Å²) in [6.45, 7) is -0.439. The number of hydrogen-bond acceptors (Lipinski definition) is 9. The van der Waals surface area contributed by atoms with Gasteiger partial charge in [0, 0.05) is 13.5 Å². The van der Waals surface area contributed by atoms with Gasteiger partial charge in [-0.15, -0.1) is 0 Å². The second kappa shape index (κ2) is 12.7. The molecule has 10 heteroatoms. The molecule has 3 aromatic rings. The van der Waals surface area contributed by atoms with Gasteiger partial charge in [0.25, 0.3) is 5.56 Å². The zero-order valence-electron chi connectivity index (χ0n) is 20.7. The number of carbonyl (C=O) groups is 2. The maximum absolute atomic E-state index is 12.6. The molecule has 0 radical (unpaired) electrons. The smallest absolute Gasteiger partial charge is 0.309 e. The fourth-order valence-electron chi connectivity index (χ4n) is 4.05. The van der Waals surface area contributed by atoms with Crippen LogP contribution in [0.2, 0.25) is 0 Å². The van der Waals surface area contributed by atoms with Crippen molar-refractivity contribution in [3.63, 3.8) is 0 Å². The van der Waals surface area contributed by atoms with Gasteiger partial charge >= 0.3 is 5.97 Å². The minimum Gasteiger partial charge on any atom is -0.507 e. The van der Waals surface area contributed by atoms with E-state index in [1.165, 1.54) is 36.2 Å². The Labute approximate surface area is 213 Å². The first-order chi connectivity index (χ1) is 17.8. The number of aromatic nitrogens is 2. The van der Waals surface area contributed by atoms with Crippen molar-refractivity contribution >= 4 is 11.8 Å². The Kier molecular flexibility index (Phi) is 9.39. The molecule has 0 saturated carbocycles. The highest BCUT2D eigenvalue weighted by atomic mass is 16.5. The Hall–Kier alpha value is -4.18. The van der Waals surface area contributed by atoms with Crippen LogP contribution in [0.1, 0.15) is 35.2 Å². The van der Waals surface area contributed by atoms with Crippen molar-refractivity contribution in [1.82, 2.24) is 9.78 Å². The number of aromatic hydroxyl groups is 2. The average molecular weight is 511 g/mol. The zero-order valence-corrected chi connectivity index (χ0v) is 20.7. The topological polar surface area (TPSA) is 148 Å². The van der Waals surface area contributed by atoms with Crippen molar-refractivity contribution in [3.05, 3.63) is 70.1 Å². The molecule has 0 aliphatic heterocycles. The maximum atomic E-state index is 12.6. The van der Waals surface area contributed by atoms with Gasteiger partial charge in [-0.25, -0.2) is 4.68 Å². The van der Waals surface area contributed by atoms with E-state index in [-0.39, 0.29) is 42.3 Å². The lowest BCUT2D eigenvalue weighted by Crippen LogP contribution is -2.22. The quantitative estimate of drug-likeness (QED) is 0.247. The molecule has 1 aromatic heterocycles. The van der Waals surface area contributed by atoms with Crippen molar-refractivity contribution in [2.45, 2.75) is 25.7 Å². The minimum atomic E-state index is -0.591. The number of aliphatic hydroxyl groups excluding tert-OH is 1. The van der Waals surface area contributed by atoms with Gasteiger partial charge in [0.15, 0.2) is 11.5 Å². The van der Waals surface area contributed by atoms with E-state index >= 15 is 0 Å². The summed E-state index contributed by atoms with van der Waals surface area (Å²) < 4.78 is 11.6. The molecule has 0 amide bonds. The standard InChI is InChI=1S/C27H30N2O8/c1-29-26(34)24(23(36-2)16-28-29)18-11-9-17(10-12-18)15-19(27(35)37-14-13-30)5-3-6-20(31)25-21(32)7-4-8-22(25)33/h4,7-12,16,19,30,32-33H,3,5-6,13-15H2,1-2H3/t19-/m0/s1. The number of Topliss-reactive ketones (excluding diaryl/α,β-unsaturated/α-hetero) is 1. The number of nitrogens with zero attached hydrogens (tertiary/aromatic N) is 2. The Balaban J connectivity index is 1.73. The lowest BCUT2D eigenvalue weighted by Gasteiger charge is -2.16. The van der Waals surface area contributed by atoms with Crippen molar-refractivity contribution in [1.29, 1.82) is 0 Å². The van der Waals surface area contributed by atoms with Crippen molar-refractivity contribution in [2.75, 3.05) is 20.3 Å². The van der Waals surface area contributed by atoms with Crippen LogP contribution in [0.25, 0.3) is 11.1 Å². The lowest BCUT2D eigenvalue weighted by molar-refractivity contribution is -0.149. The third-order valence-corrected chi connectivity index (χ3v) is 5.97. The summed E-state index contributed by atoms with van der Waals surface area (Å²) in [5.41, 5.74) is 1.37. The number of aryl methyl sites for hydroxylation is 1. The van der Waals surface area contributed by atoms with E-state index in [1.54, 1.807) is 31.3 Å². The molecule has 0 saturated heterocycles. The van der Waals surface area contributed by atoms with Crippen LogP contribution in [-0.2, 0) is 23.0 Å². The minimum absolute atomic E-state index is 0.0129. The van der Waals surface area contributed by atoms with Crippen molar-refractivity contribution in [2.24, 2.45) is 13.0 Å². The second-order valence-corrected chi connectivity index (χ2v) is 8.49. The molecule has 0 aliphatic rings. The van der Waals surface area contributed by atoms with E-state index in [2.05, 4.69) is 5.10 Å². The number of ketones is 1. The van der Waals surface area contributed by atoms with Gasteiger partial charge in [-0.05, 0) is 42.5 Å². The highest BCUT2D eigenvalue weighted by Crippen LogP contribution is 2.29. The van der Waals surface area contributed by atoms with E-state index in [4.69, 9.17) is 14.6 Å². The van der Waals surface area contributed by atoms with Crippen molar-refractivity contribution in [3.8, 4) is 28.4 Å². The Bertz CT molecular complexity index is 1280. The Morgan fingerprint density at radius 2 is 1.76 bits per heavy atom. The summed E-state index contributed by atoms with van der Waals surface area (Å²) in [7, 11) is 3.01. The van der Waals surface area contributed by atoms with Gasteiger partial charge in [0.2, 0.25) is 0 Å². The van der Waals surface area contributed by atoms with Gasteiger partial charge in [0.05, 0.1) is 31.4 Å². The van der Waals surface area contributed by atoms with Crippen LogP contribution >= 0.6 is 0 Å². The van der Waals surface area contributed by atoms with E-state index in [0.29, 0.717) is 36.1 Å². The van der Waals surface area contributed by atoms with E-state index < -0.39 is 17.7 Å². The molecule has 2 aromatic carbocycles. The summed E-state index contributed by atoms with van der Waals surface area (Å²) in [6.07, 6.45) is 2.41. The summed E-state index contributed by atoms with van der Waals surface area (Å²) in [6, 6.07) is 11.2. The molecule has 37 heavy (non-hydrogen) atoms. The van der Waals surface area contributed by atoms with Crippen LogP contribution in [-0.4, -0.2) is 57.2 Å². The SMILES string of the molecule is COc1cnn(C)c(=O)c1-c1ccc(C[C@H](CCCC(=O)c2c(O)cccc2O)C(=O)OCCO)cc1. The largest absolute Gasteiger partial charge is 0.507 e. The molecule has 0 unspecified atom stereocenters. The fraction of sp³-hybridized carbons (Fsp3) is 0.333. The number of phenolic OH excluding ortho intramolecular Hbond substituents is 2. The summed E-state index contributed by atoms with van der Waals surface area (Å²) in [5.74, 6) is -1.78. The van der Waals surface area contributed by atoms with E-state index in [9.17, 15) is 24.6 Å². The third-order valence-electron chi connectivity index (χ3n) is 5.97. The summed E-state index contributed by atoms with van der Waals surface area (Å²) in [5, 5.41) is 32.8. The van der Waals surface area contributed by atoms with E-state index in [0.717, 1.165) is 5.56 Å². The fourth-order valence-corrected chi connectivity index (χ4v) is 4.05. The first-order valence-corrected chi connectivity index (χ1v) is 11.8. The molecule has 3 rings (SSSR count). The summed E-state index contributed by atoms with van der Waals surface area (Å²) in [4.78, 5) is 37.8. The monoisotopic (exact) mass is 510 g/mol. The molecular formula is C27H30N2O8. The molecule has 1 heterocycles. The van der Waals surface area contributed by atoms with Gasteiger partial charge in [0.1, 0.15) is 23.7 Å². The van der Waals surface area contributed by atoms with Crippen LogP contribution in [0.5, 0.6) is 17.2 Å². The lowest BCUT2D eigenvalue weighted by atomic mass is 9.92. The number of ether oxygens (including phenoxy) is 2.